The molecule has 21 heavy (non-hydrogen) atoms. The second-order valence-corrected chi connectivity index (χ2v) is 5.74. The Morgan fingerprint density at radius 3 is 2.57 bits per heavy atom. The molecule has 0 bridgehead atoms. The maximum Gasteiger partial charge on any atom is 0.127 e. The summed E-state index contributed by atoms with van der Waals surface area (Å²) in [5.41, 5.74) is 2.49. The average molecular weight is 286 g/mol. The van der Waals surface area contributed by atoms with Gasteiger partial charge in [-0.25, -0.2) is 0 Å². The van der Waals surface area contributed by atoms with E-state index in [0.717, 1.165) is 31.9 Å². The summed E-state index contributed by atoms with van der Waals surface area (Å²) < 4.78 is 5.69. The molecule has 114 valence electrons. The number of hydrogen-bond donors (Lipinski definition) is 1. The number of hydrogen-bond acceptors (Lipinski definition) is 3. The van der Waals surface area contributed by atoms with E-state index in [9.17, 15) is 0 Å². The Balaban J connectivity index is 2.00. The van der Waals surface area contributed by atoms with Crippen LogP contribution in [0.5, 0.6) is 0 Å². The number of nitrogens with zero attached hydrogens (tertiary/aromatic N) is 1. The molecule has 0 saturated carbocycles. The van der Waals surface area contributed by atoms with Crippen molar-refractivity contribution in [2.24, 2.45) is 5.92 Å². The highest BCUT2D eigenvalue weighted by Crippen LogP contribution is 2.19. The summed E-state index contributed by atoms with van der Waals surface area (Å²) in [5, 5.41) is 3.48. The van der Waals surface area contributed by atoms with Crippen molar-refractivity contribution in [3.8, 4) is 0 Å². The molecule has 0 spiro atoms. The molecule has 0 saturated heterocycles. The normalized spacial score (nSPS) is 11.0. The third-order valence-electron chi connectivity index (χ3n) is 3.54. The van der Waals surface area contributed by atoms with Crippen molar-refractivity contribution in [3.63, 3.8) is 0 Å². The molecular weight excluding hydrogens is 260 g/mol. The minimum atomic E-state index is 0.664. The van der Waals surface area contributed by atoms with Crippen LogP contribution in [0.1, 0.15) is 32.1 Å². The van der Waals surface area contributed by atoms with E-state index < -0.39 is 0 Å². The predicted octanol–water partition coefficient (Wildman–Crippen LogP) is 4.05. The second-order valence-electron chi connectivity index (χ2n) is 5.74. The van der Waals surface area contributed by atoms with Crippen LogP contribution in [0.25, 0.3) is 0 Å². The summed E-state index contributed by atoms with van der Waals surface area (Å²) in [6, 6.07) is 12.6. The van der Waals surface area contributed by atoms with E-state index >= 15 is 0 Å². The van der Waals surface area contributed by atoms with Crippen molar-refractivity contribution in [3.05, 3.63) is 54.0 Å². The fourth-order valence-corrected chi connectivity index (χ4v) is 2.36. The van der Waals surface area contributed by atoms with E-state index in [2.05, 4.69) is 61.3 Å². The maximum atomic E-state index is 5.69. The molecule has 1 aromatic carbocycles. The Hall–Kier alpha value is -1.74. The van der Waals surface area contributed by atoms with Crippen molar-refractivity contribution < 1.29 is 4.42 Å². The van der Waals surface area contributed by atoms with Crippen LogP contribution in [-0.4, -0.2) is 13.1 Å². The molecule has 3 heteroatoms. The second kappa shape index (κ2) is 7.89. The Labute approximate surface area is 128 Å². The first-order chi connectivity index (χ1) is 10.2. The minimum absolute atomic E-state index is 0.664. The fourth-order valence-electron chi connectivity index (χ4n) is 2.36. The molecule has 1 heterocycles. The Kier molecular flexibility index (Phi) is 5.88. The van der Waals surface area contributed by atoms with Crippen molar-refractivity contribution >= 4 is 5.69 Å². The zero-order valence-electron chi connectivity index (χ0n) is 13.3. The lowest BCUT2D eigenvalue weighted by Crippen LogP contribution is -2.24. The average Bonchev–Trinajstić information content (AvgIpc) is 2.92. The quantitative estimate of drug-likeness (QED) is 0.793. The predicted molar refractivity (Wildman–Crippen MR) is 88.4 cm³/mol. The van der Waals surface area contributed by atoms with E-state index in [1.54, 1.807) is 6.26 Å². The maximum absolute atomic E-state index is 5.69. The first-order valence-electron chi connectivity index (χ1n) is 7.76. The summed E-state index contributed by atoms with van der Waals surface area (Å²) in [4.78, 5) is 2.32. The molecule has 0 atom stereocenters. The molecule has 0 aliphatic heterocycles. The van der Waals surface area contributed by atoms with Gasteiger partial charge >= 0.3 is 0 Å². The Bertz CT molecular complexity index is 519. The Morgan fingerprint density at radius 2 is 1.90 bits per heavy atom. The van der Waals surface area contributed by atoms with Gasteiger partial charge in [0.1, 0.15) is 5.76 Å². The topological polar surface area (TPSA) is 28.4 Å². The van der Waals surface area contributed by atoms with Gasteiger partial charge in [0.15, 0.2) is 0 Å². The van der Waals surface area contributed by atoms with Crippen molar-refractivity contribution in [1.82, 2.24) is 5.32 Å². The molecule has 1 N–H and O–H groups in total. The molecule has 1 aromatic heterocycles. The highest BCUT2D eigenvalue weighted by atomic mass is 16.3. The van der Waals surface area contributed by atoms with Crippen LogP contribution in [0.3, 0.4) is 0 Å². The number of anilines is 1. The van der Waals surface area contributed by atoms with E-state index in [1.807, 2.05) is 6.07 Å². The van der Waals surface area contributed by atoms with Gasteiger partial charge in [0.05, 0.1) is 12.8 Å². The van der Waals surface area contributed by atoms with Crippen LogP contribution in [0.4, 0.5) is 5.69 Å². The number of para-hydroxylation sites is 1. The highest BCUT2D eigenvalue weighted by molar-refractivity contribution is 5.46. The fraction of sp³-hybridized carbons (Fsp3) is 0.444. The van der Waals surface area contributed by atoms with Gasteiger partial charge in [0.25, 0.3) is 0 Å². The van der Waals surface area contributed by atoms with Gasteiger partial charge in [-0.05, 0) is 37.6 Å². The standard InChI is InChI=1S/C18H26N2O/c1-4-20(17-8-6-5-7-9-17)14-18-16(10-11-21-18)13-19-12-15(2)3/h5-11,15,19H,4,12-14H2,1-3H3. The van der Waals surface area contributed by atoms with Crippen LogP contribution < -0.4 is 10.2 Å². The van der Waals surface area contributed by atoms with Crippen LogP contribution >= 0.6 is 0 Å². The summed E-state index contributed by atoms with van der Waals surface area (Å²) in [7, 11) is 0. The minimum Gasteiger partial charge on any atom is -0.467 e. The van der Waals surface area contributed by atoms with Gasteiger partial charge in [-0.15, -0.1) is 0 Å². The zero-order valence-corrected chi connectivity index (χ0v) is 13.3. The van der Waals surface area contributed by atoms with Crippen LogP contribution in [-0.2, 0) is 13.1 Å². The molecule has 0 unspecified atom stereocenters. The van der Waals surface area contributed by atoms with E-state index in [4.69, 9.17) is 4.42 Å². The molecule has 0 fully saturated rings. The number of nitrogens with one attached hydrogen (secondary N) is 1. The van der Waals surface area contributed by atoms with Crippen LogP contribution in [0, 0.1) is 5.92 Å². The monoisotopic (exact) mass is 286 g/mol. The molecule has 0 aliphatic rings. The largest absolute Gasteiger partial charge is 0.467 e. The van der Waals surface area contributed by atoms with Gasteiger partial charge in [-0.2, -0.15) is 0 Å². The molecule has 0 amide bonds. The molecular formula is C18H26N2O. The summed E-state index contributed by atoms with van der Waals surface area (Å²) >= 11 is 0. The van der Waals surface area contributed by atoms with E-state index in [0.29, 0.717) is 5.92 Å². The summed E-state index contributed by atoms with van der Waals surface area (Å²) in [5.74, 6) is 1.72. The van der Waals surface area contributed by atoms with E-state index in [1.165, 1.54) is 11.3 Å². The third-order valence-corrected chi connectivity index (χ3v) is 3.54. The van der Waals surface area contributed by atoms with Crippen molar-refractivity contribution in [2.45, 2.75) is 33.9 Å². The van der Waals surface area contributed by atoms with Crippen LogP contribution in [0.15, 0.2) is 47.1 Å². The lowest BCUT2D eigenvalue weighted by molar-refractivity contribution is 0.491. The smallest absolute Gasteiger partial charge is 0.127 e. The van der Waals surface area contributed by atoms with Gasteiger partial charge < -0.3 is 14.6 Å². The van der Waals surface area contributed by atoms with Gasteiger partial charge in [0.2, 0.25) is 0 Å². The van der Waals surface area contributed by atoms with Crippen LogP contribution in [0.2, 0.25) is 0 Å². The highest BCUT2D eigenvalue weighted by Gasteiger charge is 2.11. The summed E-state index contributed by atoms with van der Waals surface area (Å²) in [6.45, 7) is 10.3. The number of rotatable bonds is 8. The number of benzene rings is 1. The summed E-state index contributed by atoms with van der Waals surface area (Å²) in [6.07, 6.45) is 1.79. The van der Waals surface area contributed by atoms with Crippen molar-refractivity contribution in [1.29, 1.82) is 0 Å². The molecule has 0 radical (unpaired) electrons. The third kappa shape index (κ3) is 4.64. The first-order valence-corrected chi connectivity index (χ1v) is 7.76. The van der Waals surface area contributed by atoms with Gasteiger partial charge in [-0.1, -0.05) is 32.0 Å². The molecule has 2 aromatic rings. The van der Waals surface area contributed by atoms with Crippen molar-refractivity contribution in [2.75, 3.05) is 18.0 Å². The van der Waals surface area contributed by atoms with E-state index in [-0.39, 0.29) is 0 Å². The lowest BCUT2D eigenvalue weighted by atomic mass is 10.2. The Morgan fingerprint density at radius 1 is 1.14 bits per heavy atom. The lowest BCUT2D eigenvalue weighted by Gasteiger charge is -2.22. The van der Waals surface area contributed by atoms with Gasteiger partial charge in [-0.3, -0.25) is 0 Å². The SMILES string of the molecule is CCN(Cc1occc1CNCC(C)C)c1ccccc1. The number of furan rings is 1. The molecule has 2 rings (SSSR count). The molecule has 3 nitrogen and oxygen atoms in total. The molecule has 0 aliphatic carbocycles. The first kappa shape index (κ1) is 15.6. The zero-order chi connectivity index (χ0) is 15.1. The van der Waals surface area contributed by atoms with Gasteiger partial charge in [0, 0.05) is 24.3 Å².